The van der Waals surface area contributed by atoms with Crippen molar-refractivity contribution in [1.29, 1.82) is 0 Å². The molecule has 1 aliphatic heterocycles. The Kier molecular flexibility index (Phi) is 5.92. The summed E-state index contributed by atoms with van der Waals surface area (Å²) in [6.07, 6.45) is 3.43. The van der Waals surface area contributed by atoms with Gasteiger partial charge in [-0.25, -0.2) is 0 Å². The zero-order valence-corrected chi connectivity index (χ0v) is 11.5. The molecule has 1 N–H and O–H groups in total. The Hall–Kier alpha value is -0.610. The van der Waals surface area contributed by atoms with E-state index in [-0.39, 0.29) is 11.9 Å². The summed E-state index contributed by atoms with van der Waals surface area (Å²) in [5.41, 5.74) is 0. The highest BCUT2D eigenvalue weighted by atomic mass is 16.5. The fourth-order valence-electron chi connectivity index (χ4n) is 2.23. The number of carbonyl (C=O) groups excluding carboxylic acids is 1. The Balaban J connectivity index is 2.39. The summed E-state index contributed by atoms with van der Waals surface area (Å²) in [7, 11) is 1.85. The lowest BCUT2D eigenvalue weighted by Crippen LogP contribution is -2.49. The molecule has 0 bridgehead atoms. The van der Waals surface area contributed by atoms with Crippen LogP contribution in [0.4, 0.5) is 0 Å². The SMILES string of the molecule is CCC1CC(NC(C)C(=O)N(C)CC)CCO1. The molecule has 100 valence electrons. The fraction of sp³-hybridized carbons (Fsp3) is 0.923. The second-order valence-electron chi connectivity index (χ2n) is 4.86. The molecular weight excluding hydrogens is 216 g/mol. The monoisotopic (exact) mass is 242 g/mol. The summed E-state index contributed by atoms with van der Waals surface area (Å²) in [5.74, 6) is 0.173. The number of hydrogen-bond acceptors (Lipinski definition) is 3. The van der Waals surface area contributed by atoms with Crippen molar-refractivity contribution in [3.8, 4) is 0 Å². The number of nitrogens with zero attached hydrogens (tertiary/aromatic N) is 1. The molecule has 0 aromatic carbocycles. The molecule has 0 aliphatic carbocycles. The van der Waals surface area contributed by atoms with Crippen LogP contribution < -0.4 is 5.32 Å². The highest BCUT2D eigenvalue weighted by Gasteiger charge is 2.25. The number of ether oxygens (including phenoxy) is 1. The number of hydrogen-bond donors (Lipinski definition) is 1. The van der Waals surface area contributed by atoms with Crippen molar-refractivity contribution in [2.75, 3.05) is 20.2 Å². The molecule has 1 heterocycles. The Morgan fingerprint density at radius 2 is 2.24 bits per heavy atom. The van der Waals surface area contributed by atoms with Crippen molar-refractivity contribution in [3.05, 3.63) is 0 Å². The van der Waals surface area contributed by atoms with Crippen molar-refractivity contribution in [1.82, 2.24) is 10.2 Å². The van der Waals surface area contributed by atoms with Crippen molar-refractivity contribution in [2.24, 2.45) is 0 Å². The Bertz CT molecular complexity index is 246. The highest BCUT2D eigenvalue weighted by Crippen LogP contribution is 2.16. The van der Waals surface area contributed by atoms with E-state index in [1.54, 1.807) is 4.90 Å². The third-order valence-corrected chi connectivity index (χ3v) is 3.53. The molecule has 1 rings (SSSR count). The van der Waals surface area contributed by atoms with Gasteiger partial charge >= 0.3 is 0 Å². The zero-order chi connectivity index (χ0) is 12.8. The van der Waals surface area contributed by atoms with E-state index >= 15 is 0 Å². The topological polar surface area (TPSA) is 41.6 Å². The first-order chi connectivity index (χ1) is 8.08. The van der Waals surface area contributed by atoms with Crippen LogP contribution in [0.1, 0.15) is 40.0 Å². The van der Waals surface area contributed by atoms with Crippen LogP contribution in [0.15, 0.2) is 0 Å². The van der Waals surface area contributed by atoms with Crippen molar-refractivity contribution in [3.63, 3.8) is 0 Å². The summed E-state index contributed by atoms with van der Waals surface area (Å²) in [6, 6.07) is 0.318. The standard InChI is InChI=1S/C13H26N2O2/c1-5-12-9-11(7-8-17-12)14-10(3)13(16)15(4)6-2/h10-12,14H,5-9H2,1-4H3. The van der Waals surface area contributed by atoms with Crippen LogP contribution in [0.2, 0.25) is 0 Å². The second kappa shape index (κ2) is 6.97. The van der Waals surface area contributed by atoms with Gasteiger partial charge in [0.05, 0.1) is 12.1 Å². The first-order valence-electron chi connectivity index (χ1n) is 6.71. The smallest absolute Gasteiger partial charge is 0.239 e. The number of likely N-dealkylation sites (N-methyl/N-ethyl adjacent to an activating group) is 1. The van der Waals surface area contributed by atoms with E-state index in [0.717, 1.165) is 32.4 Å². The van der Waals surface area contributed by atoms with Gasteiger partial charge in [-0.1, -0.05) is 6.92 Å². The average Bonchev–Trinajstić information content (AvgIpc) is 2.37. The van der Waals surface area contributed by atoms with Gasteiger partial charge in [-0.3, -0.25) is 4.79 Å². The van der Waals surface area contributed by atoms with Crippen molar-refractivity contribution >= 4 is 5.91 Å². The summed E-state index contributed by atoms with van der Waals surface area (Å²) in [5, 5.41) is 3.43. The van der Waals surface area contributed by atoms with E-state index in [1.165, 1.54) is 0 Å². The molecule has 17 heavy (non-hydrogen) atoms. The number of nitrogens with one attached hydrogen (secondary N) is 1. The van der Waals surface area contributed by atoms with Gasteiger partial charge in [0.2, 0.25) is 5.91 Å². The molecule has 1 saturated heterocycles. The van der Waals surface area contributed by atoms with Gasteiger partial charge < -0.3 is 15.0 Å². The lowest BCUT2D eigenvalue weighted by Gasteiger charge is -2.32. The van der Waals surface area contributed by atoms with Gasteiger partial charge in [-0.05, 0) is 33.1 Å². The van der Waals surface area contributed by atoms with Gasteiger partial charge in [-0.15, -0.1) is 0 Å². The van der Waals surface area contributed by atoms with Crippen LogP contribution in [0.25, 0.3) is 0 Å². The molecule has 0 aromatic heterocycles. The largest absolute Gasteiger partial charge is 0.378 e. The van der Waals surface area contributed by atoms with E-state index in [2.05, 4.69) is 12.2 Å². The minimum atomic E-state index is -0.0967. The van der Waals surface area contributed by atoms with Crippen LogP contribution in [0, 0.1) is 0 Å². The maximum atomic E-state index is 11.9. The summed E-state index contributed by atoms with van der Waals surface area (Å²) in [4.78, 5) is 13.7. The number of rotatable bonds is 5. The summed E-state index contributed by atoms with van der Waals surface area (Å²) < 4.78 is 5.63. The van der Waals surface area contributed by atoms with E-state index < -0.39 is 0 Å². The van der Waals surface area contributed by atoms with Gasteiger partial charge in [0, 0.05) is 26.2 Å². The van der Waals surface area contributed by atoms with Crippen LogP contribution in [-0.2, 0) is 9.53 Å². The molecule has 3 unspecified atom stereocenters. The van der Waals surface area contributed by atoms with Gasteiger partial charge in [0.1, 0.15) is 0 Å². The molecule has 1 amide bonds. The van der Waals surface area contributed by atoms with Crippen LogP contribution in [0.5, 0.6) is 0 Å². The molecule has 1 aliphatic rings. The second-order valence-corrected chi connectivity index (χ2v) is 4.86. The Morgan fingerprint density at radius 3 is 2.82 bits per heavy atom. The first-order valence-corrected chi connectivity index (χ1v) is 6.71. The molecule has 0 saturated carbocycles. The molecule has 0 aromatic rings. The Morgan fingerprint density at radius 1 is 1.53 bits per heavy atom. The van der Waals surface area contributed by atoms with Crippen LogP contribution in [0.3, 0.4) is 0 Å². The van der Waals surface area contributed by atoms with Crippen molar-refractivity contribution < 1.29 is 9.53 Å². The fourth-order valence-corrected chi connectivity index (χ4v) is 2.23. The predicted octanol–water partition coefficient (Wildman–Crippen LogP) is 1.40. The van der Waals surface area contributed by atoms with Gasteiger partial charge in [0.25, 0.3) is 0 Å². The van der Waals surface area contributed by atoms with Gasteiger partial charge in [-0.2, -0.15) is 0 Å². The minimum absolute atomic E-state index is 0.0967. The minimum Gasteiger partial charge on any atom is -0.378 e. The van der Waals surface area contributed by atoms with Crippen LogP contribution >= 0.6 is 0 Å². The van der Waals surface area contributed by atoms with E-state index in [1.807, 2.05) is 20.9 Å². The summed E-state index contributed by atoms with van der Waals surface area (Å²) in [6.45, 7) is 7.65. The van der Waals surface area contributed by atoms with Crippen LogP contribution in [-0.4, -0.2) is 49.2 Å². The third kappa shape index (κ3) is 4.28. The quantitative estimate of drug-likeness (QED) is 0.792. The molecule has 0 spiro atoms. The molecule has 0 radical (unpaired) electrons. The number of amides is 1. The molecule has 4 heteroatoms. The third-order valence-electron chi connectivity index (χ3n) is 3.53. The molecule has 4 nitrogen and oxygen atoms in total. The lowest BCUT2D eigenvalue weighted by atomic mass is 10.0. The van der Waals surface area contributed by atoms with Crippen molar-refractivity contribution in [2.45, 2.75) is 58.2 Å². The number of carbonyl (C=O) groups is 1. The highest BCUT2D eigenvalue weighted by molar-refractivity contribution is 5.81. The molecule has 3 atom stereocenters. The van der Waals surface area contributed by atoms with Gasteiger partial charge in [0.15, 0.2) is 0 Å². The maximum Gasteiger partial charge on any atom is 0.239 e. The lowest BCUT2D eigenvalue weighted by molar-refractivity contribution is -0.132. The zero-order valence-electron chi connectivity index (χ0n) is 11.5. The van der Waals surface area contributed by atoms with E-state index in [4.69, 9.17) is 4.74 Å². The normalized spacial score (nSPS) is 26.6. The van der Waals surface area contributed by atoms with E-state index in [0.29, 0.717) is 12.1 Å². The predicted molar refractivity (Wildman–Crippen MR) is 69.0 cm³/mol. The first kappa shape index (κ1) is 14.5. The maximum absolute atomic E-state index is 11.9. The summed E-state index contributed by atoms with van der Waals surface area (Å²) >= 11 is 0. The average molecular weight is 242 g/mol. The Labute approximate surface area is 105 Å². The van der Waals surface area contributed by atoms with E-state index in [9.17, 15) is 4.79 Å². The molecular formula is C13H26N2O2. The molecule has 1 fully saturated rings.